The van der Waals surface area contributed by atoms with Gasteiger partial charge < -0.3 is 16.4 Å². The topological polar surface area (TPSA) is 84.2 Å². The number of nitrogen functional groups attached to an aromatic ring is 1. The van der Waals surface area contributed by atoms with Crippen LogP contribution in [0.5, 0.6) is 0 Å². The normalized spacial score (nSPS) is 10.0. The molecule has 4 N–H and O–H groups in total. The first-order valence-electron chi connectivity index (χ1n) is 7.41. The lowest BCUT2D eigenvalue weighted by Gasteiger charge is -2.15. The van der Waals surface area contributed by atoms with Gasteiger partial charge in [-0.2, -0.15) is 0 Å². The minimum absolute atomic E-state index is 0.206. The highest BCUT2D eigenvalue weighted by molar-refractivity contribution is 8.21. The second kappa shape index (κ2) is 9.19. The zero-order chi connectivity index (χ0) is 18.2. The van der Waals surface area contributed by atoms with Gasteiger partial charge in [-0.1, -0.05) is 30.3 Å². The average Bonchev–Trinajstić information content (AvgIpc) is 2.64. The number of carbonyl (C=O) groups excluding carboxylic acids is 2. The summed E-state index contributed by atoms with van der Waals surface area (Å²) in [5.74, 6) is -0.756. The lowest BCUT2D eigenvalue weighted by Crippen LogP contribution is -2.31. The number of para-hydroxylation sites is 2. The van der Waals surface area contributed by atoms with E-state index in [1.165, 1.54) is 23.5 Å². The van der Waals surface area contributed by atoms with Crippen LogP contribution in [0.25, 0.3) is 0 Å². The van der Waals surface area contributed by atoms with Crippen LogP contribution in [0.15, 0.2) is 64.5 Å². The molecule has 130 valence electrons. The van der Waals surface area contributed by atoms with Crippen molar-refractivity contribution in [3.63, 3.8) is 0 Å². The average molecular weight is 374 g/mol. The third kappa shape index (κ3) is 5.04. The van der Waals surface area contributed by atoms with Crippen molar-refractivity contribution in [2.45, 2.75) is 0 Å². The van der Waals surface area contributed by atoms with Gasteiger partial charge in [0.2, 0.25) is 0 Å². The van der Waals surface area contributed by atoms with Crippen molar-refractivity contribution in [3.8, 4) is 0 Å². The number of rotatable bonds is 6. The number of nitrogens with one attached hydrogen (secondary N) is 2. The van der Waals surface area contributed by atoms with Crippen LogP contribution in [0.4, 0.5) is 11.4 Å². The number of hydrogen-bond donors (Lipinski definition) is 3. The van der Waals surface area contributed by atoms with Gasteiger partial charge in [0.25, 0.3) is 11.8 Å². The first-order valence-corrected chi connectivity index (χ1v) is 9.86. The van der Waals surface area contributed by atoms with Crippen LogP contribution in [0.1, 0.15) is 10.4 Å². The maximum Gasteiger partial charge on any atom is 0.273 e. The van der Waals surface area contributed by atoms with Gasteiger partial charge in [0, 0.05) is 5.56 Å². The molecule has 0 fully saturated rings. The van der Waals surface area contributed by atoms with Gasteiger partial charge in [0.05, 0.1) is 15.6 Å². The molecule has 0 saturated carbocycles. The predicted octanol–water partition coefficient (Wildman–Crippen LogP) is 3.53. The fourth-order valence-corrected chi connectivity index (χ4v) is 3.42. The van der Waals surface area contributed by atoms with E-state index < -0.39 is 5.91 Å². The molecule has 2 aromatic carbocycles. The molecule has 0 heterocycles. The molecule has 0 aromatic heterocycles. The predicted molar refractivity (Wildman–Crippen MR) is 107 cm³/mol. The van der Waals surface area contributed by atoms with Gasteiger partial charge in [-0.05, 0) is 36.8 Å². The fraction of sp³-hybridized carbons (Fsp3) is 0.111. The Bertz CT molecular complexity index is 786. The Morgan fingerprint density at radius 1 is 0.920 bits per heavy atom. The number of hydrogen-bond acceptors (Lipinski definition) is 5. The molecule has 2 rings (SSSR count). The Morgan fingerprint density at radius 3 is 2.12 bits per heavy atom. The van der Waals surface area contributed by atoms with E-state index in [-0.39, 0.29) is 11.6 Å². The molecule has 7 heteroatoms. The number of benzene rings is 2. The zero-order valence-corrected chi connectivity index (χ0v) is 15.5. The second-order valence-electron chi connectivity index (χ2n) is 4.93. The third-order valence-corrected chi connectivity index (χ3v) is 5.44. The summed E-state index contributed by atoms with van der Waals surface area (Å²) in [6.07, 6.45) is 3.70. The lowest BCUT2D eigenvalue weighted by molar-refractivity contribution is -0.113. The summed E-state index contributed by atoms with van der Waals surface area (Å²) >= 11 is 2.79. The van der Waals surface area contributed by atoms with Gasteiger partial charge >= 0.3 is 0 Å². The highest BCUT2D eigenvalue weighted by Crippen LogP contribution is 2.28. The molecule has 0 bridgehead atoms. The van der Waals surface area contributed by atoms with Crippen molar-refractivity contribution < 1.29 is 9.59 Å². The smallest absolute Gasteiger partial charge is 0.273 e. The van der Waals surface area contributed by atoms with Crippen LogP contribution in [-0.2, 0) is 4.79 Å². The molecule has 25 heavy (non-hydrogen) atoms. The highest BCUT2D eigenvalue weighted by Gasteiger charge is 2.19. The molecular formula is C18H19N3O2S2. The van der Waals surface area contributed by atoms with Gasteiger partial charge in [-0.3, -0.25) is 9.59 Å². The van der Waals surface area contributed by atoms with E-state index in [1.54, 1.807) is 48.5 Å². The Hall–Kier alpha value is -2.38. The standard InChI is InChI=1S/C18H19N3O2S2/c1-24-18(25-2)15(21-16(22)12-8-4-3-5-9-12)17(23)20-14-11-7-6-10-13(14)19/h3-11H,19H2,1-2H3,(H,20,23)(H,21,22). The van der Waals surface area contributed by atoms with E-state index >= 15 is 0 Å². The van der Waals surface area contributed by atoms with Gasteiger partial charge in [0.1, 0.15) is 5.70 Å². The molecular weight excluding hydrogens is 354 g/mol. The first kappa shape index (κ1) is 19.0. The van der Waals surface area contributed by atoms with Crippen LogP contribution in [0.3, 0.4) is 0 Å². The monoisotopic (exact) mass is 373 g/mol. The van der Waals surface area contributed by atoms with Crippen LogP contribution >= 0.6 is 23.5 Å². The second-order valence-corrected chi connectivity index (χ2v) is 6.82. The van der Waals surface area contributed by atoms with Crippen molar-refractivity contribution in [2.24, 2.45) is 0 Å². The first-order chi connectivity index (χ1) is 12.1. The summed E-state index contributed by atoms with van der Waals surface area (Å²) in [5.41, 5.74) is 7.52. The van der Waals surface area contributed by atoms with Crippen LogP contribution < -0.4 is 16.4 Å². The van der Waals surface area contributed by atoms with Crippen LogP contribution in [0, 0.1) is 0 Å². The Labute approximate surface area is 155 Å². The largest absolute Gasteiger partial charge is 0.397 e. The summed E-state index contributed by atoms with van der Waals surface area (Å²) in [5, 5.41) is 5.47. The number of anilines is 2. The molecule has 0 spiro atoms. The van der Waals surface area contributed by atoms with E-state index in [0.29, 0.717) is 21.2 Å². The molecule has 5 nitrogen and oxygen atoms in total. The molecule has 2 aromatic rings. The minimum atomic E-state index is -0.416. The third-order valence-electron chi connectivity index (χ3n) is 3.29. The molecule has 0 radical (unpaired) electrons. The fourth-order valence-electron chi connectivity index (χ4n) is 2.06. The van der Waals surface area contributed by atoms with Crippen molar-refractivity contribution in [1.82, 2.24) is 5.32 Å². The molecule has 2 amide bonds. The van der Waals surface area contributed by atoms with Crippen LogP contribution in [-0.4, -0.2) is 24.3 Å². The van der Waals surface area contributed by atoms with E-state index in [0.717, 1.165) is 0 Å². The highest BCUT2D eigenvalue weighted by atomic mass is 32.2. The number of carbonyl (C=O) groups is 2. The number of amides is 2. The molecule has 0 aliphatic heterocycles. The summed E-state index contributed by atoms with van der Waals surface area (Å²) in [7, 11) is 0. The lowest BCUT2D eigenvalue weighted by atomic mass is 10.2. The van der Waals surface area contributed by atoms with E-state index in [2.05, 4.69) is 10.6 Å². The summed E-state index contributed by atoms with van der Waals surface area (Å²) in [6.45, 7) is 0. The molecule has 0 unspecified atom stereocenters. The van der Waals surface area contributed by atoms with Crippen molar-refractivity contribution in [3.05, 3.63) is 70.1 Å². The van der Waals surface area contributed by atoms with Gasteiger partial charge in [-0.25, -0.2) is 0 Å². The summed E-state index contributed by atoms with van der Waals surface area (Å²) in [6, 6.07) is 15.7. The molecule has 0 saturated heterocycles. The summed E-state index contributed by atoms with van der Waals surface area (Å²) in [4.78, 5) is 25.2. The van der Waals surface area contributed by atoms with Gasteiger partial charge in [0.15, 0.2) is 0 Å². The Morgan fingerprint density at radius 2 is 1.52 bits per heavy atom. The quantitative estimate of drug-likeness (QED) is 0.533. The summed E-state index contributed by atoms with van der Waals surface area (Å²) < 4.78 is 0.705. The molecule has 0 atom stereocenters. The van der Waals surface area contributed by atoms with Crippen LogP contribution in [0.2, 0.25) is 0 Å². The Kier molecular flexibility index (Phi) is 6.97. The van der Waals surface area contributed by atoms with E-state index in [4.69, 9.17) is 5.73 Å². The number of thioether (sulfide) groups is 2. The van der Waals surface area contributed by atoms with E-state index in [1.807, 2.05) is 18.6 Å². The van der Waals surface area contributed by atoms with Gasteiger partial charge in [-0.15, -0.1) is 23.5 Å². The van der Waals surface area contributed by atoms with E-state index in [9.17, 15) is 9.59 Å². The minimum Gasteiger partial charge on any atom is -0.397 e. The molecule has 0 aliphatic rings. The SMILES string of the molecule is CSC(SC)=C(NC(=O)c1ccccc1)C(=O)Nc1ccccc1N. The number of nitrogens with two attached hydrogens (primary N) is 1. The van der Waals surface area contributed by atoms with Crippen molar-refractivity contribution in [1.29, 1.82) is 0 Å². The van der Waals surface area contributed by atoms with Crippen molar-refractivity contribution >= 4 is 46.7 Å². The van der Waals surface area contributed by atoms with Crippen molar-refractivity contribution in [2.75, 3.05) is 23.6 Å². The maximum absolute atomic E-state index is 12.7. The maximum atomic E-state index is 12.7. The molecule has 0 aliphatic carbocycles. The zero-order valence-electron chi connectivity index (χ0n) is 13.9. The Balaban J connectivity index is 2.27.